The topological polar surface area (TPSA) is 118 Å². The third-order valence-corrected chi connectivity index (χ3v) is 5.23. The largest absolute Gasteiger partial charge is 0.382 e. The van der Waals surface area contributed by atoms with Crippen LogP contribution in [0.3, 0.4) is 0 Å². The summed E-state index contributed by atoms with van der Waals surface area (Å²) >= 11 is 6.04. The number of nitriles is 1. The number of halogens is 1. The third kappa shape index (κ3) is 3.78. The maximum atomic E-state index is 9.83. The van der Waals surface area contributed by atoms with Crippen LogP contribution < -0.4 is 5.73 Å². The van der Waals surface area contributed by atoms with Crippen LogP contribution >= 0.6 is 11.6 Å². The molecule has 0 amide bonds. The number of nitrogen functional groups attached to an aromatic ring is 1. The summed E-state index contributed by atoms with van der Waals surface area (Å²) in [5, 5.41) is 23.9. The number of hydrogen-bond donors (Lipinski definition) is 1. The van der Waals surface area contributed by atoms with E-state index in [0.29, 0.717) is 39.0 Å². The molecule has 0 bridgehead atoms. The number of nitrogens with zero attached hydrogens (tertiary/aromatic N) is 7. The molecule has 3 aromatic heterocycles. The number of hydrogen-bond acceptors (Lipinski definition) is 7. The van der Waals surface area contributed by atoms with Crippen molar-refractivity contribution in [3.8, 4) is 28.6 Å². The summed E-state index contributed by atoms with van der Waals surface area (Å²) in [6.07, 6.45) is 3.32. The molecular weight excluding hydrogens is 436 g/mol. The first-order valence-corrected chi connectivity index (χ1v) is 10.3. The molecule has 5 aromatic rings. The van der Waals surface area contributed by atoms with Crippen LogP contribution in [0.1, 0.15) is 5.56 Å². The van der Waals surface area contributed by atoms with E-state index in [0.717, 1.165) is 5.56 Å². The van der Waals surface area contributed by atoms with Crippen LogP contribution in [0.15, 0.2) is 89.4 Å². The number of aromatic nitrogens is 4. The van der Waals surface area contributed by atoms with Gasteiger partial charge in [0.25, 0.3) is 0 Å². The third-order valence-electron chi connectivity index (χ3n) is 4.98. The summed E-state index contributed by atoms with van der Waals surface area (Å²) < 4.78 is 1.42. The van der Waals surface area contributed by atoms with E-state index in [1.54, 1.807) is 36.7 Å². The molecular formula is C24H15ClN8. The lowest BCUT2D eigenvalue weighted by molar-refractivity contribution is 0.953. The van der Waals surface area contributed by atoms with E-state index >= 15 is 0 Å². The highest BCUT2D eigenvalue weighted by molar-refractivity contribution is 6.30. The Morgan fingerprint density at radius 3 is 2.27 bits per heavy atom. The van der Waals surface area contributed by atoms with Crippen LogP contribution in [0.2, 0.25) is 5.02 Å². The molecule has 5 rings (SSSR count). The lowest BCUT2D eigenvalue weighted by Gasteiger charge is -2.08. The Hall–Kier alpha value is -4.61. The maximum Gasteiger partial charge on any atom is 0.186 e. The van der Waals surface area contributed by atoms with Gasteiger partial charge in [-0.2, -0.15) is 20.0 Å². The normalized spacial score (nSPS) is 11.2. The lowest BCUT2D eigenvalue weighted by Crippen LogP contribution is -2.06. The van der Waals surface area contributed by atoms with Gasteiger partial charge in [-0.3, -0.25) is 4.98 Å². The van der Waals surface area contributed by atoms with Crippen molar-refractivity contribution in [2.75, 3.05) is 5.73 Å². The lowest BCUT2D eigenvalue weighted by atomic mass is 10.1. The summed E-state index contributed by atoms with van der Waals surface area (Å²) in [5.41, 5.74) is 10.5. The van der Waals surface area contributed by atoms with E-state index in [1.807, 2.05) is 42.5 Å². The molecule has 2 aromatic carbocycles. The number of pyridine rings is 1. The van der Waals surface area contributed by atoms with Crippen LogP contribution in [0.25, 0.3) is 28.2 Å². The van der Waals surface area contributed by atoms with Gasteiger partial charge in [-0.1, -0.05) is 41.9 Å². The minimum Gasteiger partial charge on any atom is -0.382 e. The monoisotopic (exact) mass is 450 g/mol. The fraction of sp³-hybridized carbons (Fsp3) is 0. The molecule has 0 aliphatic carbocycles. The molecule has 3 heterocycles. The molecule has 0 fully saturated rings. The van der Waals surface area contributed by atoms with Gasteiger partial charge in [0.05, 0.1) is 11.4 Å². The fourth-order valence-electron chi connectivity index (χ4n) is 3.38. The molecule has 158 valence electrons. The van der Waals surface area contributed by atoms with Gasteiger partial charge in [-0.05, 0) is 36.4 Å². The van der Waals surface area contributed by atoms with Crippen LogP contribution in [-0.2, 0) is 0 Å². The van der Waals surface area contributed by atoms with Gasteiger partial charge in [0.1, 0.15) is 23.1 Å². The first kappa shape index (κ1) is 20.3. The van der Waals surface area contributed by atoms with Gasteiger partial charge in [0, 0.05) is 28.5 Å². The number of fused-ring (bicyclic) bond motifs is 1. The summed E-state index contributed by atoms with van der Waals surface area (Å²) in [7, 11) is 0. The van der Waals surface area contributed by atoms with Gasteiger partial charge < -0.3 is 5.73 Å². The van der Waals surface area contributed by atoms with Gasteiger partial charge >= 0.3 is 0 Å². The molecule has 9 heteroatoms. The highest BCUT2D eigenvalue weighted by Crippen LogP contribution is 2.37. The minimum atomic E-state index is 0.156. The van der Waals surface area contributed by atoms with Crippen molar-refractivity contribution in [2.24, 2.45) is 10.2 Å². The summed E-state index contributed by atoms with van der Waals surface area (Å²) in [6.45, 7) is 0. The van der Waals surface area contributed by atoms with Crippen molar-refractivity contribution in [1.82, 2.24) is 19.6 Å². The molecule has 0 aliphatic heterocycles. The van der Waals surface area contributed by atoms with E-state index < -0.39 is 0 Å². The average molecular weight is 451 g/mol. The zero-order chi connectivity index (χ0) is 22.8. The van der Waals surface area contributed by atoms with Gasteiger partial charge in [-0.25, -0.2) is 4.98 Å². The van der Waals surface area contributed by atoms with Crippen LogP contribution in [0.5, 0.6) is 0 Å². The Kier molecular flexibility index (Phi) is 5.23. The molecule has 8 nitrogen and oxygen atoms in total. The second-order valence-electron chi connectivity index (χ2n) is 7.04. The van der Waals surface area contributed by atoms with Crippen molar-refractivity contribution in [3.05, 3.63) is 89.7 Å². The van der Waals surface area contributed by atoms with Crippen molar-refractivity contribution in [1.29, 1.82) is 5.26 Å². The molecule has 0 unspecified atom stereocenters. The van der Waals surface area contributed by atoms with Crippen molar-refractivity contribution < 1.29 is 0 Å². The first-order chi connectivity index (χ1) is 16.2. The van der Waals surface area contributed by atoms with Gasteiger partial charge in [-0.15, -0.1) is 5.11 Å². The van der Waals surface area contributed by atoms with E-state index in [-0.39, 0.29) is 11.4 Å². The molecule has 0 spiro atoms. The Morgan fingerprint density at radius 1 is 0.879 bits per heavy atom. The van der Waals surface area contributed by atoms with Crippen molar-refractivity contribution in [3.63, 3.8) is 0 Å². The maximum absolute atomic E-state index is 9.83. The van der Waals surface area contributed by atoms with E-state index in [2.05, 4.69) is 26.4 Å². The van der Waals surface area contributed by atoms with Gasteiger partial charge in [0.2, 0.25) is 0 Å². The standard InChI is InChI=1S/C24H15ClN8/c25-17-8-6-15(7-9-17)20-19(14-26)23(27)33-24(29-20)22(31-30-18-4-2-1-3-5-18)21(32-33)16-10-12-28-13-11-16/h1-13H,27H2. The predicted octanol–water partition coefficient (Wildman–Crippen LogP) is 5.98. The predicted molar refractivity (Wildman–Crippen MR) is 126 cm³/mol. The van der Waals surface area contributed by atoms with Crippen molar-refractivity contribution >= 4 is 34.4 Å². The highest BCUT2D eigenvalue weighted by atomic mass is 35.5. The van der Waals surface area contributed by atoms with Crippen molar-refractivity contribution in [2.45, 2.75) is 0 Å². The number of rotatable bonds is 4. The number of anilines is 1. The van der Waals surface area contributed by atoms with Crippen LogP contribution in [-0.4, -0.2) is 19.6 Å². The van der Waals surface area contributed by atoms with E-state index in [9.17, 15) is 5.26 Å². The van der Waals surface area contributed by atoms with Gasteiger partial charge in [0.15, 0.2) is 11.3 Å². The second-order valence-corrected chi connectivity index (χ2v) is 7.48. The Balaban J connectivity index is 1.80. The minimum absolute atomic E-state index is 0.156. The smallest absolute Gasteiger partial charge is 0.186 e. The molecule has 33 heavy (non-hydrogen) atoms. The van der Waals surface area contributed by atoms with Crippen LogP contribution in [0.4, 0.5) is 17.2 Å². The molecule has 0 saturated heterocycles. The molecule has 0 aliphatic rings. The van der Waals surface area contributed by atoms with E-state index in [1.165, 1.54) is 4.52 Å². The molecule has 0 atom stereocenters. The SMILES string of the molecule is N#Cc1c(-c2ccc(Cl)cc2)nc2c(N=Nc3ccccc3)c(-c3ccncc3)nn2c1N. The second kappa shape index (κ2) is 8.49. The molecule has 0 saturated carbocycles. The van der Waals surface area contributed by atoms with Crippen LogP contribution in [0, 0.1) is 11.3 Å². The quantitative estimate of drug-likeness (QED) is 0.338. The zero-order valence-corrected chi connectivity index (χ0v) is 17.8. The number of nitrogens with two attached hydrogens (primary N) is 1. The zero-order valence-electron chi connectivity index (χ0n) is 17.1. The Bertz CT molecular complexity index is 1520. The molecule has 0 radical (unpaired) electrons. The summed E-state index contributed by atoms with van der Waals surface area (Å²) in [4.78, 5) is 8.82. The number of benzene rings is 2. The number of azo groups is 1. The first-order valence-electron chi connectivity index (χ1n) is 9.91. The average Bonchev–Trinajstić information content (AvgIpc) is 3.23. The highest BCUT2D eigenvalue weighted by Gasteiger charge is 2.22. The summed E-state index contributed by atoms with van der Waals surface area (Å²) in [5.74, 6) is 0.156. The Labute approximate surface area is 193 Å². The molecule has 2 N–H and O–H groups in total. The Morgan fingerprint density at radius 2 is 1.58 bits per heavy atom. The van der Waals surface area contributed by atoms with E-state index in [4.69, 9.17) is 22.3 Å². The fourth-order valence-corrected chi connectivity index (χ4v) is 3.51. The summed E-state index contributed by atoms with van der Waals surface area (Å²) in [6, 6.07) is 22.1.